The van der Waals surface area contributed by atoms with Crippen LogP contribution in [0.4, 0.5) is 5.69 Å². The first-order chi connectivity index (χ1) is 8.58. The van der Waals surface area contributed by atoms with Gasteiger partial charge >= 0.3 is 0 Å². The summed E-state index contributed by atoms with van der Waals surface area (Å²) in [6, 6.07) is 6.93. The fourth-order valence-electron chi connectivity index (χ4n) is 3.39. The van der Waals surface area contributed by atoms with E-state index in [0.29, 0.717) is 6.04 Å². The zero-order valence-electron chi connectivity index (χ0n) is 11.3. The van der Waals surface area contributed by atoms with Crippen molar-refractivity contribution in [3.63, 3.8) is 0 Å². The van der Waals surface area contributed by atoms with Crippen LogP contribution >= 0.6 is 0 Å². The molecule has 2 N–H and O–H groups in total. The molecule has 0 saturated carbocycles. The number of benzene rings is 1. The molecule has 1 aliphatic heterocycles. The number of rotatable bonds is 1. The van der Waals surface area contributed by atoms with Crippen LogP contribution in [0.3, 0.4) is 0 Å². The summed E-state index contributed by atoms with van der Waals surface area (Å²) < 4.78 is 5.62. The Kier molecular flexibility index (Phi) is 2.83. The first kappa shape index (κ1) is 12.0. The molecule has 1 atom stereocenters. The lowest BCUT2D eigenvalue weighted by Crippen LogP contribution is -2.53. The van der Waals surface area contributed by atoms with E-state index in [9.17, 15) is 0 Å². The Balaban J connectivity index is 1.91. The molecular weight excluding hydrogens is 224 g/mol. The fourth-order valence-corrected chi connectivity index (χ4v) is 3.39. The van der Waals surface area contributed by atoms with Gasteiger partial charge in [0.2, 0.25) is 0 Å². The molecule has 0 aromatic heterocycles. The number of aryl methyl sites for hydroxylation is 1. The van der Waals surface area contributed by atoms with Crippen molar-refractivity contribution < 1.29 is 4.74 Å². The van der Waals surface area contributed by atoms with E-state index < -0.39 is 0 Å². The highest BCUT2D eigenvalue weighted by Gasteiger charge is 2.38. The average molecular weight is 246 g/mol. The molecule has 1 unspecified atom stereocenters. The van der Waals surface area contributed by atoms with E-state index in [4.69, 9.17) is 10.5 Å². The maximum atomic E-state index is 5.87. The van der Waals surface area contributed by atoms with Crippen molar-refractivity contribution in [2.75, 3.05) is 25.5 Å². The number of morpholine rings is 1. The second-order valence-electron chi connectivity index (χ2n) is 6.07. The molecular formula is C15H22N2O. The monoisotopic (exact) mass is 246 g/mol. The number of anilines is 1. The molecule has 2 aliphatic rings. The third kappa shape index (κ3) is 1.91. The molecule has 98 valence electrons. The minimum atomic E-state index is 0.131. The molecule has 0 bridgehead atoms. The lowest BCUT2D eigenvalue weighted by Gasteiger charge is -2.46. The summed E-state index contributed by atoms with van der Waals surface area (Å²) in [6.45, 7) is 7.27. The highest BCUT2D eigenvalue weighted by atomic mass is 16.5. The van der Waals surface area contributed by atoms with Crippen LogP contribution in [0.15, 0.2) is 18.2 Å². The van der Waals surface area contributed by atoms with E-state index in [1.165, 1.54) is 17.5 Å². The predicted octanol–water partition coefficient (Wildman–Crippen LogP) is 2.37. The SMILES string of the molecule is CC1(C)COCCN1C1CCc2cc(N)ccc21. The Morgan fingerprint density at radius 3 is 3.00 bits per heavy atom. The van der Waals surface area contributed by atoms with Crippen LogP contribution in [0, 0.1) is 0 Å². The van der Waals surface area contributed by atoms with E-state index in [0.717, 1.165) is 31.9 Å². The Hall–Kier alpha value is -1.06. The summed E-state index contributed by atoms with van der Waals surface area (Å²) in [5.74, 6) is 0. The Morgan fingerprint density at radius 1 is 1.39 bits per heavy atom. The Bertz CT molecular complexity index is 456. The van der Waals surface area contributed by atoms with Crippen LogP contribution in [0.25, 0.3) is 0 Å². The van der Waals surface area contributed by atoms with Gasteiger partial charge in [-0.2, -0.15) is 0 Å². The molecule has 1 heterocycles. The maximum Gasteiger partial charge on any atom is 0.0645 e. The van der Waals surface area contributed by atoms with Gasteiger partial charge in [-0.1, -0.05) is 6.07 Å². The number of hydrogen-bond donors (Lipinski definition) is 1. The van der Waals surface area contributed by atoms with Crippen LogP contribution in [0.1, 0.15) is 37.4 Å². The van der Waals surface area contributed by atoms with Gasteiger partial charge in [0.1, 0.15) is 0 Å². The summed E-state index contributed by atoms with van der Waals surface area (Å²) in [4.78, 5) is 2.61. The van der Waals surface area contributed by atoms with E-state index in [-0.39, 0.29) is 5.54 Å². The van der Waals surface area contributed by atoms with Gasteiger partial charge < -0.3 is 10.5 Å². The zero-order valence-corrected chi connectivity index (χ0v) is 11.3. The lowest BCUT2D eigenvalue weighted by atomic mass is 9.96. The molecule has 0 radical (unpaired) electrons. The number of hydrogen-bond acceptors (Lipinski definition) is 3. The molecule has 1 aromatic rings. The first-order valence-electron chi connectivity index (χ1n) is 6.81. The van der Waals surface area contributed by atoms with E-state index in [2.05, 4.69) is 30.9 Å². The molecule has 1 fully saturated rings. The molecule has 1 saturated heterocycles. The van der Waals surface area contributed by atoms with E-state index >= 15 is 0 Å². The molecule has 0 spiro atoms. The molecule has 1 aliphatic carbocycles. The molecule has 1 aromatic carbocycles. The van der Waals surface area contributed by atoms with E-state index in [1.54, 1.807) is 0 Å². The standard InChI is InChI=1S/C15H22N2O/c1-15(2)10-18-8-7-17(15)14-6-3-11-9-12(16)4-5-13(11)14/h4-5,9,14H,3,6-8,10,16H2,1-2H3. The van der Waals surface area contributed by atoms with Gasteiger partial charge in [-0.05, 0) is 49.9 Å². The van der Waals surface area contributed by atoms with Gasteiger partial charge in [-0.25, -0.2) is 0 Å². The third-order valence-electron chi connectivity index (χ3n) is 4.30. The van der Waals surface area contributed by atoms with Crippen LogP contribution in [0.2, 0.25) is 0 Å². The van der Waals surface area contributed by atoms with Crippen molar-refractivity contribution in [1.29, 1.82) is 0 Å². The summed E-state index contributed by atoms with van der Waals surface area (Å²) in [6.07, 6.45) is 2.36. The van der Waals surface area contributed by atoms with Crippen molar-refractivity contribution >= 4 is 5.69 Å². The lowest BCUT2D eigenvalue weighted by molar-refractivity contribution is -0.0726. The van der Waals surface area contributed by atoms with Gasteiger partial charge in [0, 0.05) is 23.8 Å². The maximum absolute atomic E-state index is 5.87. The van der Waals surface area contributed by atoms with Gasteiger partial charge in [-0.15, -0.1) is 0 Å². The second kappa shape index (κ2) is 4.25. The van der Waals surface area contributed by atoms with E-state index in [1.807, 2.05) is 6.07 Å². The number of nitrogens with zero attached hydrogens (tertiary/aromatic N) is 1. The molecule has 3 rings (SSSR count). The third-order valence-corrected chi connectivity index (χ3v) is 4.30. The Labute approximate surface area is 109 Å². The molecule has 3 heteroatoms. The topological polar surface area (TPSA) is 38.5 Å². The van der Waals surface area contributed by atoms with Crippen molar-refractivity contribution in [3.8, 4) is 0 Å². The second-order valence-corrected chi connectivity index (χ2v) is 6.07. The highest BCUT2D eigenvalue weighted by molar-refractivity contribution is 5.47. The molecule has 0 amide bonds. The van der Waals surface area contributed by atoms with Crippen LogP contribution < -0.4 is 5.73 Å². The van der Waals surface area contributed by atoms with Crippen LogP contribution in [0.5, 0.6) is 0 Å². The summed E-state index contributed by atoms with van der Waals surface area (Å²) in [7, 11) is 0. The quantitative estimate of drug-likeness (QED) is 0.773. The van der Waals surface area contributed by atoms with Crippen molar-refractivity contribution in [2.45, 2.75) is 38.3 Å². The minimum Gasteiger partial charge on any atom is -0.399 e. The smallest absolute Gasteiger partial charge is 0.0645 e. The average Bonchev–Trinajstić information content (AvgIpc) is 2.71. The van der Waals surface area contributed by atoms with Gasteiger partial charge in [0.15, 0.2) is 0 Å². The highest BCUT2D eigenvalue weighted by Crippen LogP contribution is 2.40. The summed E-state index contributed by atoms with van der Waals surface area (Å²) >= 11 is 0. The largest absolute Gasteiger partial charge is 0.399 e. The van der Waals surface area contributed by atoms with Gasteiger partial charge in [0.05, 0.1) is 13.2 Å². The van der Waals surface area contributed by atoms with Crippen LogP contribution in [-0.2, 0) is 11.2 Å². The van der Waals surface area contributed by atoms with Gasteiger partial charge in [0.25, 0.3) is 0 Å². The van der Waals surface area contributed by atoms with Crippen molar-refractivity contribution in [3.05, 3.63) is 29.3 Å². The summed E-state index contributed by atoms with van der Waals surface area (Å²) in [5, 5.41) is 0. The van der Waals surface area contributed by atoms with Gasteiger partial charge in [-0.3, -0.25) is 4.90 Å². The zero-order chi connectivity index (χ0) is 12.8. The predicted molar refractivity (Wildman–Crippen MR) is 73.5 cm³/mol. The number of fused-ring (bicyclic) bond motifs is 1. The summed E-state index contributed by atoms with van der Waals surface area (Å²) in [5.41, 5.74) is 9.79. The fraction of sp³-hybridized carbons (Fsp3) is 0.600. The normalized spacial score (nSPS) is 27.1. The van der Waals surface area contributed by atoms with Crippen LogP contribution in [-0.4, -0.2) is 30.2 Å². The molecule has 3 nitrogen and oxygen atoms in total. The number of nitrogen functional groups attached to an aromatic ring is 1. The number of nitrogens with two attached hydrogens (primary N) is 1. The molecule has 18 heavy (non-hydrogen) atoms. The van der Waals surface area contributed by atoms with Crippen molar-refractivity contribution in [2.24, 2.45) is 0 Å². The minimum absolute atomic E-state index is 0.131. The van der Waals surface area contributed by atoms with Crippen molar-refractivity contribution in [1.82, 2.24) is 4.90 Å². The Morgan fingerprint density at radius 2 is 2.22 bits per heavy atom. The first-order valence-corrected chi connectivity index (χ1v) is 6.81. The number of ether oxygens (including phenoxy) is 1.